The van der Waals surface area contributed by atoms with E-state index in [1.54, 1.807) is 0 Å². The number of rotatable bonds is 0. The van der Waals surface area contributed by atoms with Crippen LogP contribution in [-0.4, -0.2) is 0 Å². The fraction of sp³-hybridized carbons (Fsp3) is 0.500. The molecule has 0 fully saturated rings. The van der Waals surface area contributed by atoms with Crippen molar-refractivity contribution in [2.45, 2.75) is 78.6 Å². The summed E-state index contributed by atoms with van der Waals surface area (Å²) in [5.41, 5.74) is 6.10. The lowest BCUT2D eigenvalue weighted by Crippen LogP contribution is -2.16. The van der Waals surface area contributed by atoms with E-state index >= 15 is 0 Å². The summed E-state index contributed by atoms with van der Waals surface area (Å²) < 4.78 is 7.58. The van der Waals surface area contributed by atoms with Gasteiger partial charge in [0, 0.05) is 20.8 Å². The van der Waals surface area contributed by atoms with Gasteiger partial charge in [-0.15, -0.1) is 0 Å². The minimum atomic E-state index is 0.0206. The van der Waals surface area contributed by atoms with Crippen LogP contribution in [0.2, 0.25) is 0 Å². The summed E-state index contributed by atoms with van der Waals surface area (Å²) in [4.78, 5) is 0. The molecule has 0 atom stereocenters. The summed E-state index contributed by atoms with van der Waals surface area (Å²) in [5, 5.41) is 2.40. The summed E-state index contributed by atoms with van der Waals surface area (Å²) in [6.07, 6.45) is 0. The van der Waals surface area contributed by atoms with E-state index < -0.39 is 0 Å². The molecule has 3 rings (SSSR count). The van der Waals surface area contributed by atoms with E-state index in [4.69, 9.17) is 4.42 Å². The van der Waals surface area contributed by atoms with Crippen LogP contribution in [0, 0.1) is 0 Å². The fourth-order valence-corrected chi connectivity index (χ4v) is 4.04. The standard InChI is InChI=1S/C24H31BrO/c1-22(2,3)14-10-16-20-18(25)12-15(23(4,5)6)13-19(20)26-21(16)17(11-14)24(7,8)9/h10-13H,1-9H3. The number of hydrogen-bond donors (Lipinski definition) is 0. The van der Waals surface area contributed by atoms with Crippen molar-refractivity contribution in [2.75, 3.05) is 0 Å². The average Bonchev–Trinajstić information content (AvgIpc) is 2.81. The van der Waals surface area contributed by atoms with Crippen LogP contribution >= 0.6 is 15.9 Å². The highest BCUT2D eigenvalue weighted by atomic mass is 79.9. The van der Waals surface area contributed by atoms with E-state index in [0.717, 1.165) is 15.6 Å². The van der Waals surface area contributed by atoms with Crippen molar-refractivity contribution in [3.63, 3.8) is 0 Å². The largest absolute Gasteiger partial charge is 0.456 e. The van der Waals surface area contributed by atoms with Crippen LogP contribution in [0.5, 0.6) is 0 Å². The molecule has 0 aliphatic carbocycles. The van der Waals surface area contributed by atoms with Gasteiger partial charge in [0.25, 0.3) is 0 Å². The molecule has 140 valence electrons. The number of halogens is 1. The van der Waals surface area contributed by atoms with Crippen LogP contribution in [0.3, 0.4) is 0 Å². The summed E-state index contributed by atoms with van der Waals surface area (Å²) in [7, 11) is 0. The zero-order valence-electron chi connectivity index (χ0n) is 17.6. The third-order valence-corrected chi connectivity index (χ3v) is 5.79. The van der Waals surface area contributed by atoms with E-state index in [2.05, 4.69) is 103 Å². The van der Waals surface area contributed by atoms with Gasteiger partial charge < -0.3 is 4.42 Å². The van der Waals surface area contributed by atoms with Gasteiger partial charge >= 0.3 is 0 Å². The van der Waals surface area contributed by atoms with E-state index in [1.807, 2.05) is 0 Å². The van der Waals surface area contributed by atoms with Crippen molar-refractivity contribution in [1.82, 2.24) is 0 Å². The van der Waals surface area contributed by atoms with Crippen LogP contribution in [0.15, 0.2) is 33.2 Å². The molecule has 2 heteroatoms. The maximum absolute atomic E-state index is 6.46. The molecular formula is C24H31BrO. The van der Waals surface area contributed by atoms with E-state index in [0.29, 0.717) is 0 Å². The van der Waals surface area contributed by atoms with Gasteiger partial charge in [-0.2, -0.15) is 0 Å². The first-order chi connectivity index (χ1) is 11.7. The van der Waals surface area contributed by atoms with Crippen molar-refractivity contribution in [3.8, 4) is 0 Å². The molecule has 0 bridgehead atoms. The van der Waals surface area contributed by atoms with E-state index in [1.165, 1.54) is 27.5 Å². The van der Waals surface area contributed by atoms with Crippen LogP contribution in [0.4, 0.5) is 0 Å². The third-order valence-electron chi connectivity index (χ3n) is 5.16. The van der Waals surface area contributed by atoms with Gasteiger partial charge in [0.05, 0.1) is 0 Å². The Labute approximate surface area is 166 Å². The monoisotopic (exact) mass is 414 g/mol. The molecule has 0 radical (unpaired) electrons. The predicted octanol–water partition coefficient (Wildman–Crippen LogP) is 8.24. The number of furan rings is 1. The first-order valence-electron chi connectivity index (χ1n) is 9.41. The lowest BCUT2D eigenvalue weighted by molar-refractivity contribution is 0.558. The first-order valence-corrected chi connectivity index (χ1v) is 10.2. The lowest BCUT2D eigenvalue weighted by atomic mass is 9.79. The Balaban J connectivity index is 2.48. The van der Waals surface area contributed by atoms with Crippen LogP contribution < -0.4 is 0 Å². The Bertz CT molecular complexity index is 986. The SMILES string of the molecule is CC(C)(C)c1cc(Br)c2c(c1)oc1c(C(C)(C)C)cc(C(C)(C)C)cc12. The quantitative estimate of drug-likeness (QED) is 0.360. The van der Waals surface area contributed by atoms with Crippen molar-refractivity contribution in [2.24, 2.45) is 0 Å². The Kier molecular flexibility index (Phi) is 4.39. The minimum Gasteiger partial charge on any atom is -0.456 e. The molecule has 1 aromatic heterocycles. The Morgan fingerprint density at radius 3 is 1.73 bits per heavy atom. The molecule has 26 heavy (non-hydrogen) atoms. The smallest absolute Gasteiger partial charge is 0.139 e. The van der Waals surface area contributed by atoms with Crippen molar-refractivity contribution < 1.29 is 4.42 Å². The maximum Gasteiger partial charge on any atom is 0.139 e. The summed E-state index contributed by atoms with van der Waals surface area (Å²) in [6, 6.07) is 9.11. The second-order valence-electron chi connectivity index (χ2n) is 10.6. The van der Waals surface area contributed by atoms with Crippen LogP contribution in [-0.2, 0) is 16.2 Å². The normalized spacial score (nSPS) is 13.8. The fourth-order valence-electron chi connectivity index (χ4n) is 3.38. The molecule has 0 aliphatic rings. The summed E-state index contributed by atoms with van der Waals surface area (Å²) >= 11 is 3.83. The molecule has 2 aromatic carbocycles. The molecule has 0 amide bonds. The van der Waals surface area contributed by atoms with Gasteiger partial charge in [-0.1, -0.05) is 84.3 Å². The number of hydrogen-bond acceptors (Lipinski definition) is 1. The minimum absolute atomic E-state index is 0.0206. The van der Waals surface area contributed by atoms with E-state index in [-0.39, 0.29) is 16.2 Å². The second-order valence-corrected chi connectivity index (χ2v) is 11.4. The van der Waals surface area contributed by atoms with Gasteiger partial charge in [0.1, 0.15) is 11.2 Å². The van der Waals surface area contributed by atoms with Gasteiger partial charge in [-0.25, -0.2) is 0 Å². The highest BCUT2D eigenvalue weighted by Gasteiger charge is 2.26. The molecule has 0 spiro atoms. The second kappa shape index (κ2) is 5.86. The molecule has 0 N–H and O–H groups in total. The molecule has 1 heterocycles. The Morgan fingerprint density at radius 1 is 0.692 bits per heavy atom. The lowest BCUT2D eigenvalue weighted by Gasteiger charge is -2.25. The molecule has 1 nitrogen and oxygen atoms in total. The van der Waals surface area contributed by atoms with Crippen molar-refractivity contribution in [3.05, 3.63) is 45.4 Å². The molecule has 3 aromatic rings. The maximum atomic E-state index is 6.46. The third kappa shape index (κ3) is 3.33. The molecule has 0 saturated carbocycles. The van der Waals surface area contributed by atoms with Gasteiger partial charge in [0.2, 0.25) is 0 Å². The van der Waals surface area contributed by atoms with Gasteiger partial charge in [-0.3, -0.25) is 0 Å². The van der Waals surface area contributed by atoms with Gasteiger partial charge in [0.15, 0.2) is 0 Å². The highest BCUT2D eigenvalue weighted by Crippen LogP contribution is 2.43. The van der Waals surface area contributed by atoms with Crippen LogP contribution in [0.1, 0.15) is 79.0 Å². The first kappa shape index (κ1) is 19.5. The molecule has 0 unspecified atom stereocenters. The zero-order chi connectivity index (χ0) is 19.7. The topological polar surface area (TPSA) is 13.1 Å². The number of benzene rings is 2. The molecule has 0 aliphatic heterocycles. The summed E-state index contributed by atoms with van der Waals surface area (Å²) in [5.74, 6) is 0. The number of fused-ring (bicyclic) bond motifs is 3. The van der Waals surface area contributed by atoms with Crippen molar-refractivity contribution >= 4 is 37.9 Å². The van der Waals surface area contributed by atoms with Gasteiger partial charge in [-0.05, 0) is 45.6 Å². The van der Waals surface area contributed by atoms with E-state index in [9.17, 15) is 0 Å². The Hall–Kier alpha value is -1.28. The molecular weight excluding hydrogens is 384 g/mol. The molecule has 0 saturated heterocycles. The summed E-state index contributed by atoms with van der Waals surface area (Å²) in [6.45, 7) is 20.3. The van der Waals surface area contributed by atoms with Crippen LogP contribution in [0.25, 0.3) is 21.9 Å². The zero-order valence-corrected chi connectivity index (χ0v) is 19.2. The Morgan fingerprint density at radius 2 is 1.23 bits per heavy atom. The van der Waals surface area contributed by atoms with Crippen molar-refractivity contribution in [1.29, 1.82) is 0 Å². The predicted molar refractivity (Wildman–Crippen MR) is 118 cm³/mol. The highest BCUT2D eigenvalue weighted by molar-refractivity contribution is 9.10. The average molecular weight is 415 g/mol.